The molecule has 2 unspecified atom stereocenters. The topological polar surface area (TPSA) is 62.3 Å². The van der Waals surface area contributed by atoms with Crippen LogP contribution in [0.15, 0.2) is 23.4 Å². The number of hydrogen-bond donors (Lipinski definition) is 1. The second kappa shape index (κ2) is 5.60. The first kappa shape index (κ1) is 14.3. The third-order valence-electron chi connectivity index (χ3n) is 4.19. The summed E-state index contributed by atoms with van der Waals surface area (Å²) in [6.45, 7) is 2.05. The van der Waals surface area contributed by atoms with Gasteiger partial charge in [-0.1, -0.05) is 18.0 Å². The molecule has 0 amide bonds. The molecule has 0 aliphatic carbocycles. The highest BCUT2D eigenvalue weighted by Gasteiger charge is 2.38. The maximum atomic E-state index is 12.4. The molecule has 2 fully saturated rings. The van der Waals surface area contributed by atoms with Crippen LogP contribution < -0.4 is 4.72 Å². The zero-order valence-electron chi connectivity index (χ0n) is 11.1. The Bertz CT molecular complexity index is 593. The Labute approximate surface area is 124 Å². The van der Waals surface area contributed by atoms with Gasteiger partial charge in [0, 0.05) is 31.0 Å². The van der Waals surface area contributed by atoms with Crippen molar-refractivity contribution in [1.29, 1.82) is 0 Å². The molecule has 0 radical (unpaired) electrons. The molecule has 0 saturated carbocycles. The van der Waals surface area contributed by atoms with Gasteiger partial charge in [0.15, 0.2) is 0 Å². The molecule has 1 aromatic rings. The largest absolute Gasteiger partial charge is 0.299 e. The van der Waals surface area contributed by atoms with Gasteiger partial charge in [-0.25, -0.2) is 13.1 Å². The van der Waals surface area contributed by atoms with Gasteiger partial charge in [-0.3, -0.25) is 9.88 Å². The first-order chi connectivity index (χ1) is 9.58. The Hall–Kier alpha value is -0.690. The fourth-order valence-electron chi connectivity index (χ4n) is 3.21. The molecule has 3 heterocycles. The van der Waals surface area contributed by atoms with Crippen molar-refractivity contribution < 1.29 is 8.42 Å². The minimum atomic E-state index is -3.60. The lowest BCUT2D eigenvalue weighted by atomic mass is 10.00. The monoisotopic (exact) mass is 315 g/mol. The lowest BCUT2D eigenvalue weighted by Gasteiger charge is -2.32. The highest BCUT2D eigenvalue weighted by Crippen LogP contribution is 2.29. The molecule has 0 bridgehead atoms. The minimum Gasteiger partial charge on any atom is -0.299 e. The predicted molar refractivity (Wildman–Crippen MR) is 77.2 cm³/mol. The van der Waals surface area contributed by atoms with Crippen molar-refractivity contribution in [2.24, 2.45) is 0 Å². The number of piperidine rings is 1. The quantitative estimate of drug-likeness (QED) is 0.921. The van der Waals surface area contributed by atoms with Gasteiger partial charge in [-0.2, -0.15) is 0 Å². The second-order valence-electron chi connectivity index (χ2n) is 5.42. The Morgan fingerprint density at radius 1 is 1.30 bits per heavy atom. The molecule has 3 rings (SSSR count). The molecule has 0 aromatic carbocycles. The van der Waals surface area contributed by atoms with E-state index in [4.69, 9.17) is 11.6 Å². The predicted octanol–water partition coefficient (Wildman–Crippen LogP) is 1.64. The average Bonchev–Trinajstić information content (AvgIpc) is 2.82. The van der Waals surface area contributed by atoms with Crippen molar-refractivity contribution in [3.05, 3.63) is 23.5 Å². The number of sulfonamides is 1. The van der Waals surface area contributed by atoms with E-state index < -0.39 is 10.0 Å². The van der Waals surface area contributed by atoms with Gasteiger partial charge in [0.05, 0.1) is 5.02 Å². The van der Waals surface area contributed by atoms with Crippen molar-refractivity contribution >= 4 is 21.6 Å². The molecule has 2 saturated heterocycles. The van der Waals surface area contributed by atoms with E-state index in [1.807, 2.05) is 0 Å². The first-order valence-electron chi connectivity index (χ1n) is 6.94. The van der Waals surface area contributed by atoms with Crippen molar-refractivity contribution in [1.82, 2.24) is 14.6 Å². The lowest BCUT2D eigenvalue weighted by Crippen LogP contribution is -2.46. The van der Waals surface area contributed by atoms with Gasteiger partial charge in [-0.05, 0) is 31.9 Å². The van der Waals surface area contributed by atoms with E-state index in [0.29, 0.717) is 6.04 Å². The van der Waals surface area contributed by atoms with E-state index in [2.05, 4.69) is 14.6 Å². The summed E-state index contributed by atoms with van der Waals surface area (Å²) in [4.78, 5) is 6.31. The summed E-state index contributed by atoms with van der Waals surface area (Å²) in [5, 5.41) is 0.214. The molecule has 5 nitrogen and oxygen atoms in total. The van der Waals surface area contributed by atoms with Gasteiger partial charge in [0.2, 0.25) is 10.0 Å². The summed E-state index contributed by atoms with van der Waals surface area (Å²) in [6, 6.07) is 1.81. The molecule has 1 N–H and O–H groups in total. The third-order valence-corrected chi connectivity index (χ3v) is 6.15. The van der Waals surface area contributed by atoms with Crippen LogP contribution in [0.25, 0.3) is 0 Å². The van der Waals surface area contributed by atoms with Gasteiger partial charge < -0.3 is 0 Å². The number of nitrogens with zero attached hydrogens (tertiary/aromatic N) is 2. The molecular weight excluding hydrogens is 298 g/mol. The van der Waals surface area contributed by atoms with Crippen LogP contribution in [-0.2, 0) is 10.0 Å². The summed E-state index contributed by atoms with van der Waals surface area (Å²) in [5.41, 5.74) is 0. The van der Waals surface area contributed by atoms with Crippen LogP contribution in [0.3, 0.4) is 0 Å². The van der Waals surface area contributed by atoms with Crippen molar-refractivity contribution in [3.63, 3.8) is 0 Å². The van der Waals surface area contributed by atoms with Gasteiger partial charge in [-0.15, -0.1) is 0 Å². The molecule has 20 heavy (non-hydrogen) atoms. The Balaban J connectivity index is 1.79. The fourth-order valence-corrected chi connectivity index (χ4v) is 4.94. The van der Waals surface area contributed by atoms with Gasteiger partial charge in [0.25, 0.3) is 0 Å². The van der Waals surface area contributed by atoms with E-state index in [9.17, 15) is 8.42 Å². The maximum absolute atomic E-state index is 12.4. The van der Waals surface area contributed by atoms with E-state index >= 15 is 0 Å². The van der Waals surface area contributed by atoms with Crippen LogP contribution in [0.1, 0.15) is 25.7 Å². The van der Waals surface area contributed by atoms with Crippen LogP contribution in [0.4, 0.5) is 0 Å². The first-order valence-corrected chi connectivity index (χ1v) is 8.80. The van der Waals surface area contributed by atoms with Crippen molar-refractivity contribution in [3.8, 4) is 0 Å². The number of fused-ring (bicyclic) bond motifs is 1. The third kappa shape index (κ3) is 2.70. The van der Waals surface area contributed by atoms with E-state index in [1.165, 1.54) is 31.3 Å². The second-order valence-corrected chi connectivity index (χ2v) is 7.51. The zero-order valence-corrected chi connectivity index (χ0v) is 12.7. The summed E-state index contributed by atoms with van der Waals surface area (Å²) in [6.07, 6.45) is 7.10. The van der Waals surface area contributed by atoms with E-state index in [-0.39, 0.29) is 16.0 Å². The summed E-state index contributed by atoms with van der Waals surface area (Å²) in [7, 11) is -3.60. The van der Waals surface area contributed by atoms with Gasteiger partial charge >= 0.3 is 0 Å². The van der Waals surface area contributed by atoms with E-state index in [1.54, 1.807) is 0 Å². The fraction of sp³-hybridized carbons (Fsp3) is 0.615. The van der Waals surface area contributed by atoms with Crippen LogP contribution in [0.5, 0.6) is 0 Å². The van der Waals surface area contributed by atoms with Crippen LogP contribution in [-0.4, -0.2) is 43.5 Å². The standard InChI is InChI=1S/C13H18ClN3O2S/c14-10-4-6-15-9-13(10)20(18,19)16-11-5-8-17-7-2-1-3-12(11)17/h4,6,9,11-12,16H,1-3,5,7-8H2. The van der Waals surface area contributed by atoms with Crippen molar-refractivity contribution in [2.45, 2.75) is 42.7 Å². The SMILES string of the molecule is O=S(=O)(NC1CCN2CCCCC12)c1cnccc1Cl. The van der Waals surface area contributed by atoms with Crippen LogP contribution >= 0.6 is 11.6 Å². The maximum Gasteiger partial charge on any atom is 0.243 e. The van der Waals surface area contributed by atoms with Gasteiger partial charge in [0.1, 0.15) is 4.90 Å². The number of hydrogen-bond acceptors (Lipinski definition) is 4. The summed E-state index contributed by atoms with van der Waals surface area (Å²) in [5.74, 6) is 0. The smallest absolute Gasteiger partial charge is 0.243 e. The molecule has 2 atom stereocenters. The number of pyridine rings is 1. The molecule has 2 aliphatic heterocycles. The number of halogens is 1. The Morgan fingerprint density at radius 3 is 2.95 bits per heavy atom. The number of rotatable bonds is 3. The zero-order chi connectivity index (χ0) is 14.2. The number of nitrogens with one attached hydrogen (secondary N) is 1. The minimum absolute atomic E-state index is 0.0171. The molecule has 1 aromatic heterocycles. The average molecular weight is 316 g/mol. The summed E-state index contributed by atoms with van der Waals surface area (Å²) >= 11 is 5.96. The Morgan fingerprint density at radius 2 is 2.15 bits per heavy atom. The van der Waals surface area contributed by atoms with Crippen LogP contribution in [0.2, 0.25) is 5.02 Å². The molecule has 2 aliphatic rings. The molecule has 110 valence electrons. The van der Waals surface area contributed by atoms with Crippen LogP contribution in [0, 0.1) is 0 Å². The Kier molecular flexibility index (Phi) is 3.99. The highest BCUT2D eigenvalue weighted by atomic mass is 35.5. The summed E-state index contributed by atoms with van der Waals surface area (Å²) < 4.78 is 27.7. The lowest BCUT2D eigenvalue weighted by molar-refractivity contribution is 0.186. The highest BCUT2D eigenvalue weighted by molar-refractivity contribution is 7.89. The number of aromatic nitrogens is 1. The normalized spacial score (nSPS) is 27.4. The van der Waals surface area contributed by atoms with E-state index in [0.717, 1.165) is 25.9 Å². The molecule has 7 heteroatoms. The molecular formula is C13H18ClN3O2S. The molecule has 0 spiro atoms. The van der Waals surface area contributed by atoms with Crippen molar-refractivity contribution in [2.75, 3.05) is 13.1 Å².